The van der Waals surface area contributed by atoms with Crippen molar-refractivity contribution in [3.8, 4) is 17.2 Å². The molecule has 1 amide bonds. The van der Waals surface area contributed by atoms with Crippen molar-refractivity contribution in [1.29, 1.82) is 0 Å². The maximum atomic E-state index is 13.1. The Labute approximate surface area is 193 Å². The van der Waals surface area contributed by atoms with E-state index in [0.717, 1.165) is 18.4 Å². The van der Waals surface area contributed by atoms with Crippen LogP contribution in [0.5, 0.6) is 17.2 Å². The van der Waals surface area contributed by atoms with Crippen LogP contribution in [-0.2, 0) is 9.59 Å². The van der Waals surface area contributed by atoms with Crippen LogP contribution < -0.4 is 14.2 Å². The molecule has 0 aromatic heterocycles. The van der Waals surface area contributed by atoms with Gasteiger partial charge in [0.15, 0.2) is 11.5 Å². The molecule has 1 atom stereocenters. The number of fused-ring (bicyclic) bond motifs is 1. The van der Waals surface area contributed by atoms with Gasteiger partial charge in [-0.05, 0) is 61.7 Å². The van der Waals surface area contributed by atoms with E-state index in [9.17, 15) is 14.7 Å². The third kappa shape index (κ3) is 4.27. The van der Waals surface area contributed by atoms with Crippen LogP contribution in [0.1, 0.15) is 49.4 Å². The first kappa shape index (κ1) is 22.7. The van der Waals surface area contributed by atoms with Crippen LogP contribution in [0.4, 0.5) is 0 Å². The van der Waals surface area contributed by atoms with Gasteiger partial charge in [-0.3, -0.25) is 9.59 Å². The van der Waals surface area contributed by atoms with Gasteiger partial charge in [-0.2, -0.15) is 0 Å². The molecule has 7 nitrogen and oxygen atoms in total. The van der Waals surface area contributed by atoms with Crippen LogP contribution >= 0.6 is 0 Å². The number of amides is 1. The number of likely N-dealkylation sites (tertiary alicyclic amines) is 1. The lowest BCUT2D eigenvalue weighted by Gasteiger charge is -2.27. The summed E-state index contributed by atoms with van der Waals surface area (Å²) in [7, 11) is 0. The highest BCUT2D eigenvalue weighted by Gasteiger charge is 2.46. The molecule has 2 aromatic carbocycles. The first-order valence-corrected chi connectivity index (χ1v) is 11.4. The number of hydrogen-bond donors (Lipinski definition) is 1. The Morgan fingerprint density at radius 1 is 1.09 bits per heavy atom. The largest absolute Gasteiger partial charge is 0.507 e. The van der Waals surface area contributed by atoms with Gasteiger partial charge in [0.2, 0.25) is 0 Å². The lowest BCUT2D eigenvalue weighted by molar-refractivity contribution is -0.139. The number of ether oxygens (including phenoxy) is 3. The summed E-state index contributed by atoms with van der Waals surface area (Å²) in [5.41, 5.74) is 2.07. The van der Waals surface area contributed by atoms with E-state index in [1.807, 2.05) is 26.8 Å². The predicted octanol–water partition coefficient (Wildman–Crippen LogP) is 4.39. The fourth-order valence-electron chi connectivity index (χ4n) is 4.29. The standard InChI is InChI=1S/C26H29NO6/c1-4-6-11-27-23(17-7-10-20-21(15-17)33-13-12-32-20)22(25(29)26(27)30)24(28)18-8-9-19(31-5-2)16(3)14-18/h7-10,14-15,23,28H,4-6,11-13H2,1-3H3/b24-22-. The van der Waals surface area contributed by atoms with Gasteiger partial charge in [0.05, 0.1) is 18.2 Å². The number of carbonyl (C=O) groups is 2. The number of unbranched alkanes of at least 4 members (excludes halogenated alkanes) is 1. The topological polar surface area (TPSA) is 85.3 Å². The molecule has 174 valence electrons. The molecule has 1 unspecified atom stereocenters. The minimum atomic E-state index is -0.709. The summed E-state index contributed by atoms with van der Waals surface area (Å²) in [6.07, 6.45) is 1.62. The van der Waals surface area contributed by atoms with E-state index >= 15 is 0 Å². The first-order chi connectivity index (χ1) is 16.0. The summed E-state index contributed by atoms with van der Waals surface area (Å²) in [6.45, 7) is 7.64. The molecule has 0 spiro atoms. The summed E-state index contributed by atoms with van der Waals surface area (Å²) in [5.74, 6) is 0.413. The smallest absolute Gasteiger partial charge is 0.295 e. The van der Waals surface area contributed by atoms with E-state index < -0.39 is 17.7 Å². The third-order valence-electron chi connectivity index (χ3n) is 5.92. The molecule has 0 aliphatic carbocycles. The molecular formula is C26H29NO6. The van der Waals surface area contributed by atoms with E-state index in [-0.39, 0.29) is 11.3 Å². The second-order valence-electron chi connectivity index (χ2n) is 8.16. The number of Topliss-reactive ketones (excluding diaryl/α,β-unsaturated/α-hetero) is 1. The van der Waals surface area contributed by atoms with Crippen LogP contribution in [-0.4, -0.2) is 48.1 Å². The van der Waals surface area contributed by atoms with Gasteiger partial charge < -0.3 is 24.2 Å². The lowest BCUT2D eigenvalue weighted by atomic mass is 9.94. The molecular weight excluding hydrogens is 422 g/mol. The first-order valence-electron chi connectivity index (χ1n) is 11.4. The van der Waals surface area contributed by atoms with Crippen LogP contribution in [0.2, 0.25) is 0 Å². The van der Waals surface area contributed by atoms with Crippen LogP contribution in [0.15, 0.2) is 42.0 Å². The van der Waals surface area contributed by atoms with Crippen molar-refractivity contribution in [2.45, 2.75) is 39.7 Å². The fourth-order valence-corrected chi connectivity index (χ4v) is 4.29. The highest BCUT2D eigenvalue weighted by Crippen LogP contribution is 2.42. The monoisotopic (exact) mass is 451 g/mol. The van der Waals surface area contributed by atoms with Gasteiger partial charge in [0.25, 0.3) is 11.7 Å². The number of rotatable bonds is 7. The maximum Gasteiger partial charge on any atom is 0.295 e. The number of hydrogen-bond acceptors (Lipinski definition) is 6. The number of nitrogens with zero attached hydrogens (tertiary/aromatic N) is 1. The molecule has 2 aliphatic rings. The molecule has 2 aromatic rings. The van der Waals surface area contributed by atoms with E-state index in [1.54, 1.807) is 35.2 Å². The Balaban J connectivity index is 1.83. The summed E-state index contributed by atoms with van der Waals surface area (Å²) in [4.78, 5) is 27.7. The average molecular weight is 452 g/mol. The van der Waals surface area contributed by atoms with E-state index in [4.69, 9.17) is 14.2 Å². The van der Waals surface area contributed by atoms with Crippen LogP contribution in [0, 0.1) is 6.92 Å². The van der Waals surface area contributed by atoms with Crippen molar-refractivity contribution >= 4 is 17.4 Å². The highest BCUT2D eigenvalue weighted by atomic mass is 16.6. The zero-order valence-electron chi connectivity index (χ0n) is 19.2. The quantitative estimate of drug-likeness (QED) is 0.382. The molecule has 1 N–H and O–H groups in total. The highest BCUT2D eigenvalue weighted by molar-refractivity contribution is 6.46. The zero-order chi connectivity index (χ0) is 23.5. The van der Waals surface area contributed by atoms with E-state index in [2.05, 4.69) is 0 Å². The lowest BCUT2D eigenvalue weighted by Crippen LogP contribution is -2.30. The average Bonchev–Trinajstić information content (AvgIpc) is 3.08. The Morgan fingerprint density at radius 2 is 1.85 bits per heavy atom. The van der Waals surface area contributed by atoms with Crippen molar-refractivity contribution < 1.29 is 28.9 Å². The summed E-state index contributed by atoms with van der Waals surface area (Å²) >= 11 is 0. The van der Waals surface area contributed by atoms with Crippen LogP contribution in [0.3, 0.4) is 0 Å². The fraction of sp³-hybridized carbons (Fsp3) is 0.385. The number of aliphatic hydroxyl groups excluding tert-OH is 1. The van der Waals surface area contributed by atoms with Crippen LogP contribution in [0.25, 0.3) is 5.76 Å². The van der Waals surface area contributed by atoms with Gasteiger partial charge in [-0.25, -0.2) is 0 Å². The van der Waals surface area contributed by atoms with Gasteiger partial charge in [0, 0.05) is 12.1 Å². The number of ketones is 1. The van der Waals surface area contributed by atoms with E-state index in [1.165, 1.54) is 0 Å². The minimum Gasteiger partial charge on any atom is -0.507 e. The molecule has 4 rings (SSSR count). The maximum absolute atomic E-state index is 13.1. The van der Waals surface area contributed by atoms with Gasteiger partial charge in [-0.1, -0.05) is 19.4 Å². The number of carbonyl (C=O) groups excluding carboxylic acids is 2. The molecule has 2 heterocycles. The molecule has 0 saturated carbocycles. The predicted molar refractivity (Wildman–Crippen MR) is 124 cm³/mol. The van der Waals surface area contributed by atoms with Crippen molar-refractivity contribution in [1.82, 2.24) is 4.90 Å². The van der Waals surface area contributed by atoms with Crippen molar-refractivity contribution in [3.63, 3.8) is 0 Å². The second-order valence-corrected chi connectivity index (χ2v) is 8.16. The molecule has 1 saturated heterocycles. The third-order valence-corrected chi connectivity index (χ3v) is 5.92. The summed E-state index contributed by atoms with van der Waals surface area (Å²) in [5, 5.41) is 11.3. The number of aryl methyl sites for hydroxylation is 1. The van der Waals surface area contributed by atoms with Crippen molar-refractivity contribution in [3.05, 3.63) is 58.7 Å². The summed E-state index contributed by atoms with van der Waals surface area (Å²) in [6, 6.07) is 9.92. The van der Waals surface area contributed by atoms with Gasteiger partial charge in [-0.15, -0.1) is 0 Å². The minimum absolute atomic E-state index is 0.0799. The van der Waals surface area contributed by atoms with Crippen molar-refractivity contribution in [2.24, 2.45) is 0 Å². The number of aliphatic hydroxyl groups is 1. The van der Waals surface area contributed by atoms with E-state index in [0.29, 0.717) is 54.7 Å². The van der Waals surface area contributed by atoms with Gasteiger partial charge >= 0.3 is 0 Å². The zero-order valence-corrected chi connectivity index (χ0v) is 19.2. The molecule has 0 bridgehead atoms. The molecule has 1 fully saturated rings. The molecule has 0 radical (unpaired) electrons. The molecule has 7 heteroatoms. The molecule has 2 aliphatic heterocycles. The van der Waals surface area contributed by atoms with Gasteiger partial charge in [0.1, 0.15) is 24.7 Å². The second kappa shape index (κ2) is 9.57. The normalized spacial score (nSPS) is 19.1. The Kier molecular flexibility index (Phi) is 6.58. The summed E-state index contributed by atoms with van der Waals surface area (Å²) < 4.78 is 16.9. The Bertz CT molecular complexity index is 1110. The SMILES string of the molecule is CCCCN1C(=O)C(=O)/C(=C(\O)c2ccc(OCC)c(C)c2)C1c1ccc2c(c1)OCCO2. The Hall–Kier alpha value is -3.48. The number of benzene rings is 2. The Morgan fingerprint density at radius 3 is 2.55 bits per heavy atom. The molecule has 33 heavy (non-hydrogen) atoms. The van der Waals surface area contributed by atoms with Crippen molar-refractivity contribution in [2.75, 3.05) is 26.4 Å².